The number of allylic oxidation sites excluding steroid dienone is 2. The third-order valence-corrected chi connectivity index (χ3v) is 11.0. The molecular weight excluding hydrogens is 816 g/mol. The summed E-state index contributed by atoms with van der Waals surface area (Å²) in [6, 6.07) is 5.94. The van der Waals surface area contributed by atoms with Gasteiger partial charge in [-0.15, -0.1) is 0 Å². The van der Waals surface area contributed by atoms with Gasteiger partial charge in [-0.25, -0.2) is 35.9 Å². The molecule has 0 fully saturated rings. The number of halogens is 7. The number of carbonyl (C=O) groups is 1. The van der Waals surface area contributed by atoms with E-state index in [1.165, 1.54) is 43.8 Å². The van der Waals surface area contributed by atoms with Crippen LogP contribution in [0.15, 0.2) is 48.6 Å². The minimum absolute atomic E-state index is 0.00768. The van der Waals surface area contributed by atoms with Crippen molar-refractivity contribution in [1.82, 2.24) is 39.8 Å². The van der Waals surface area contributed by atoms with Crippen molar-refractivity contribution in [2.45, 2.75) is 56.7 Å². The number of nitrogens with one attached hydrogen (secondary N) is 3. The van der Waals surface area contributed by atoms with E-state index in [0.29, 0.717) is 16.3 Å². The van der Waals surface area contributed by atoms with Crippen LogP contribution in [0.1, 0.15) is 66.3 Å². The van der Waals surface area contributed by atoms with E-state index in [0.717, 1.165) is 18.4 Å². The second kappa shape index (κ2) is 13.6. The first kappa shape index (κ1) is 39.4. The molecule has 0 unspecified atom stereocenters. The quantitative estimate of drug-likeness (QED) is 0.0829. The van der Waals surface area contributed by atoms with Crippen LogP contribution >= 0.6 is 11.6 Å². The molecule has 8 rings (SSSR count). The summed E-state index contributed by atoms with van der Waals surface area (Å²) in [6.45, 7) is 1.99. The van der Waals surface area contributed by atoms with Gasteiger partial charge in [-0.05, 0) is 50.1 Å². The van der Waals surface area contributed by atoms with Gasteiger partial charge in [-0.3, -0.25) is 18.9 Å². The van der Waals surface area contributed by atoms with Gasteiger partial charge in [-0.2, -0.15) is 19.0 Å². The summed E-state index contributed by atoms with van der Waals surface area (Å²) in [6.07, 6.45) is -0.0440. The first-order chi connectivity index (χ1) is 27.1. The van der Waals surface area contributed by atoms with Crippen molar-refractivity contribution >= 4 is 55.4 Å². The highest BCUT2D eigenvalue weighted by Crippen LogP contribution is 2.60. The number of aryl methyl sites for hydroxylation is 1. The van der Waals surface area contributed by atoms with Gasteiger partial charge >= 0.3 is 0 Å². The van der Waals surface area contributed by atoms with Gasteiger partial charge < -0.3 is 15.4 Å². The third-order valence-electron chi connectivity index (χ3n) is 10.1. The lowest BCUT2D eigenvalue weighted by molar-refractivity contribution is -0.123. The molecule has 4 heterocycles. The van der Waals surface area contributed by atoms with Gasteiger partial charge in [0.1, 0.15) is 41.0 Å². The molecule has 304 valence electrons. The van der Waals surface area contributed by atoms with E-state index in [4.69, 9.17) is 16.6 Å². The Bertz CT molecular complexity index is 2810. The zero-order valence-corrected chi connectivity index (χ0v) is 32.3. The van der Waals surface area contributed by atoms with Crippen LogP contribution in [0.3, 0.4) is 0 Å². The largest absolute Gasteiger partial charge is 0.383 e. The summed E-state index contributed by atoms with van der Waals surface area (Å²) in [5, 5.41) is 21.9. The number of anilines is 1. The van der Waals surface area contributed by atoms with Gasteiger partial charge in [-0.1, -0.05) is 29.8 Å². The Labute approximate surface area is 330 Å². The number of pyridine rings is 1. The van der Waals surface area contributed by atoms with Crippen molar-refractivity contribution in [2.24, 2.45) is 13.0 Å². The van der Waals surface area contributed by atoms with Gasteiger partial charge in [0.25, 0.3) is 12.3 Å². The van der Waals surface area contributed by atoms with E-state index >= 15 is 8.78 Å². The number of alkyl halides is 4. The number of aromatic amines is 1. The Morgan fingerprint density at radius 1 is 1.05 bits per heavy atom. The zero-order chi connectivity index (χ0) is 41.8. The first-order valence-corrected chi connectivity index (χ1v) is 19.8. The number of carbonyl (C=O) groups excluding carboxylic acids is 1. The number of rotatable bonds is 11. The number of H-pyrrole nitrogens is 1. The van der Waals surface area contributed by atoms with Gasteiger partial charge in [0.15, 0.2) is 11.5 Å². The molecule has 0 saturated carbocycles. The number of aromatic nitrogens is 7. The maximum Gasteiger partial charge on any atom is 0.296 e. The molecular formula is C37H32ClF6N9O4S. The van der Waals surface area contributed by atoms with E-state index in [-0.39, 0.29) is 67.5 Å². The first-order valence-electron chi connectivity index (χ1n) is 17.6. The number of amides is 1. The molecule has 0 spiro atoms. The molecule has 1 amide bonds. The predicted molar refractivity (Wildman–Crippen MR) is 200 cm³/mol. The summed E-state index contributed by atoms with van der Waals surface area (Å²) in [4.78, 5) is 26.3. The maximum atomic E-state index is 15.6. The highest BCUT2D eigenvalue weighted by atomic mass is 35.5. The minimum Gasteiger partial charge on any atom is -0.383 e. The standard InChI is InChI=1S/C37H32ClF6N9O4S/c1-36(2,55)35-46-24-13-20(18-6-8-22(38)27-30(18)52(3)50-34(27)51-58(4,56)57)28(47-33(24)48-35)23(11-15-9-16(39)12-17(40)10-15)45-25(54)14-53-31-26(29(49-53)32(41)42)19-5-7-21(19)37(31,43)44/h5-10,12-13,19,21,23,32,55H,11,14H2,1-4H3,(H,45,54)(H,50,51)(H,46,47,48)/t19-,21+,23-/m0/s1. The number of hydrogen-bond donors (Lipinski definition) is 4. The van der Waals surface area contributed by atoms with E-state index in [9.17, 15) is 35.9 Å². The number of aliphatic hydroxyl groups is 1. The number of nitrogens with zero attached hydrogens (tertiary/aromatic N) is 6. The van der Waals surface area contributed by atoms with Crippen LogP contribution in [0, 0.1) is 17.6 Å². The lowest BCUT2D eigenvalue weighted by Gasteiger charge is -2.27. The molecule has 0 bridgehead atoms. The monoisotopic (exact) mass is 847 g/mol. The highest BCUT2D eigenvalue weighted by molar-refractivity contribution is 7.92. The smallest absolute Gasteiger partial charge is 0.296 e. The predicted octanol–water partition coefficient (Wildman–Crippen LogP) is 6.65. The molecule has 0 saturated heterocycles. The summed E-state index contributed by atoms with van der Waals surface area (Å²) >= 11 is 6.61. The normalized spacial score (nSPS) is 17.8. The van der Waals surface area contributed by atoms with Crippen LogP contribution in [0.25, 0.3) is 33.2 Å². The SMILES string of the molecule is Cn1nc(NS(C)(=O)=O)c2c(Cl)ccc(-c3cc4[nH]c(C(C)(C)O)nc4nc3[C@H](Cc3cc(F)cc(F)c3)NC(=O)Cn3nc(C(F)F)c4c3C(F)(F)[C@@H]3C=C[C@H]43)c21. The van der Waals surface area contributed by atoms with Gasteiger partial charge in [0.2, 0.25) is 15.9 Å². The second-order valence-corrected chi connectivity index (χ2v) is 17.0. The average Bonchev–Trinajstić information content (AvgIpc) is 3.79. The third kappa shape index (κ3) is 6.75. The van der Waals surface area contributed by atoms with Crippen LogP contribution in [-0.2, 0) is 46.4 Å². The van der Waals surface area contributed by atoms with Crippen molar-refractivity contribution in [1.29, 1.82) is 0 Å². The Balaban J connectivity index is 1.31. The Morgan fingerprint density at radius 2 is 1.76 bits per heavy atom. The molecule has 0 aliphatic heterocycles. The van der Waals surface area contributed by atoms with Gasteiger partial charge in [0, 0.05) is 35.7 Å². The molecule has 13 nitrogen and oxygen atoms in total. The molecule has 6 aromatic rings. The van der Waals surface area contributed by atoms with Crippen LogP contribution in [0.4, 0.5) is 32.2 Å². The van der Waals surface area contributed by atoms with E-state index in [1.54, 1.807) is 12.1 Å². The molecule has 58 heavy (non-hydrogen) atoms. The van der Waals surface area contributed by atoms with Crippen molar-refractivity contribution in [3.8, 4) is 11.1 Å². The van der Waals surface area contributed by atoms with Crippen molar-refractivity contribution in [3.63, 3.8) is 0 Å². The molecule has 0 radical (unpaired) electrons. The van der Waals surface area contributed by atoms with E-state index in [2.05, 4.69) is 30.2 Å². The topological polar surface area (TPSA) is 173 Å². The number of imidazole rings is 1. The summed E-state index contributed by atoms with van der Waals surface area (Å²) < 4.78 is 118. The van der Waals surface area contributed by atoms with Gasteiger partial charge in [0.05, 0.1) is 45.4 Å². The fourth-order valence-electron chi connectivity index (χ4n) is 7.69. The highest BCUT2D eigenvalue weighted by Gasteiger charge is 2.60. The fourth-order valence-corrected chi connectivity index (χ4v) is 8.43. The molecule has 3 atom stereocenters. The molecule has 2 aliphatic carbocycles. The van der Waals surface area contributed by atoms with Crippen LogP contribution < -0.4 is 10.0 Å². The van der Waals surface area contributed by atoms with Crippen molar-refractivity contribution in [3.05, 3.63) is 99.2 Å². The molecule has 4 N–H and O–H groups in total. The Morgan fingerprint density at radius 3 is 2.38 bits per heavy atom. The summed E-state index contributed by atoms with van der Waals surface area (Å²) in [5.74, 6) is -8.88. The van der Waals surface area contributed by atoms with Crippen LogP contribution in [0.2, 0.25) is 5.02 Å². The van der Waals surface area contributed by atoms with Crippen LogP contribution in [0.5, 0.6) is 0 Å². The fraction of sp³-hybridized carbons (Fsp3) is 0.324. The number of sulfonamides is 1. The summed E-state index contributed by atoms with van der Waals surface area (Å²) in [7, 11) is -2.33. The number of hydrogen-bond acceptors (Lipinski definition) is 8. The Hall–Kier alpha value is -5.47. The molecule has 4 aromatic heterocycles. The lowest BCUT2D eigenvalue weighted by atomic mass is 9.81. The number of fused-ring (bicyclic) bond motifs is 5. The average molecular weight is 848 g/mol. The van der Waals surface area contributed by atoms with Crippen molar-refractivity contribution < 1.29 is 44.7 Å². The molecule has 2 aliphatic rings. The lowest BCUT2D eigenvalue weighted by Crippen LogP contribution is -2.35. The van der Waals surface area contributed by atoms with Crippen molar-refractivity contribution in [2.75, 3.05) is 11.0 Å². The van der Waals surface area contributed by atoms with E-state index in [1.807, 2.05) is 0 Å². The molecule has 2 aromatic carbocycles. The van der Waals surface area contributed by atoms with Crippen LogP contribution in [-0.4, -0.2) is 60.2 Å². The Kier molecular flexibility index (Phi) is 9.20. The van der Waals surface area contributed by atoms with E-state index < -0.39 is 81.3 Å². The number of benzene rings is 2. The maximum absolute atomic E-state index is 15.6. The minimum atomic E-state index is -3.85. The molecule has 21 heteroatoms. The summed E-state index contributed by atoms with van der Waals surface area (Å²) in [5.41, 5.74) is -2.32. The zero-order valence-electron chi connectivity index (χ0n) is 30.8. The second-order valence-electron chi connectivity index (χ2n) is 14.9.